The zero-order chi connectivity index (χ0) is 14.2. The summed E-state index contributed by atoms with van der Waals surface area (Å²) in [6, 6.07) is 18.5. The number of nitrogens with one attached hydrogen (secondary N) is 1. The van der Waals surface area contributed by atoms with E-state index in [2.05, 4.69) is 10.3 Å². The highest BCUT2D eigenvalue weighted by atomic mass is 16.5. The smallest absolute Gasteiger partial charge is 0.296 e. The molecule has 0 unspecified atom stereocenters. The predicted molar refractivity (Wildman–Crippen MR) is 79.1 cm³/mol. The number of amides is 1. The van der Waals surface area contributed by atoms with Gasteiger partial charge in [0.1, 0.15) is 0 Å². The molecule has 0 aliphatic heterocycles. The van der Waals surface area contributed by atoms with Gasteiger partial charge in [0.25, 0.3) is 11.9 Å². The van der Waals surface area contributed by atoms with E-state index in [0.717, 1.165) is 5.69 Å². The van der Waals surface area contributed by atoms with Crippen molar-refractivity contribution in [1.29, 1.82) is 0 Å². The fourth-order valence-electron chi connectivity index (χ4n) is 1.61. The molecule has 0 heterocycles. The Morgan fingerprint density at radius 2 is 1.65 bits per heavy atom. The van der Waals surface area contributed by atoms with Crippen molar-refractivity contribution in [2.75, 3.05) is 6.61 Å². The minimum Gasteiger partial charge on any atom is -0.465 e. The summed E-state index contributed by atoms with van der Waals surface area (Å²) in [5.74, 6) is -0.242. The Morgan fingerprint density at radius 1 is 1.05 bits per heavy atom. The van der Waals surface area contributed by atoms with Crippen molar-refractivity contribution in [2.24, 2.45) is 4.99 Å². The van der Waals surface area contributed by atoms with Crippen molar-refractivity contribution in [1.82, 2.24) is 5.32 Å². The molecule has 4 heteroatoms. The standard InChI is InChI=1S/C16H16N2O2/c1-2-20-16(17-14-11-7-4-8-12-14)18-15(19)13-9-5-3-6-10-13/h3-12H,2H2,1H3,(H,17,18,19). The molecule has 0 aliphatic carbocycles. The molecule has 2 aromatic rings. The number of nitrogens with zero attached hydrogens (tertiary/aromatic N) is 1. The van der Waals surface area contributed by atoms with E-state index in [1.54, 1.807) is 12.1 Å². The lowest BCUT2D eigenvalue weighted by Gasteiger charge is -2.09. The number of amidine groups is 1. The van der Waals surface area contributed by atoms with Gasteiger partial charge in [0.15, 0.2) is 0 Å². The molecule has 0 fully saturated rings. The van der Waals surface area contributed by atoms with Gasteiger partial charge in [-0.2, -0.15) is 4.99 Å². The number of hydrogen-bond donors (Lipinski definition) is 1. The van der Waals surface area contributed by atoms with Crippen LogP contribution < -0.4 is 5.32 Å². The van der Waals surface area contributed by atoms with Crippen molar-refractivity contribution in [3.05, 3.63) is 66.2 Å². The van der Waals surface area contributed by atoms with E-state index in [1.165, 1.54) is 0 Å². The summed E-state index contributed by atoms with van der Waals surface area (Å²) < 4.78 is 5.36. The third-order valence-corrected chi connectivity index (χ3v) is 2.52. The fourth-order valence-corrected chi connectivity index (χ4v) is 1.61. The summed E-state index contributed by atoms with van der Waals surface area (Å²) in [5, 5.41) is 2.67. The highest BCUT2D eigenvalue weighted by molar-refractivity contribution is 6.04. The number of para-hydroxylation sites is 1. The van der Waals surface area contributed by atoms with Crippen LogP contribution in [-0.4, -0.2) is 18.5 Å². The molecule has 102 valence electrons. The van der Waals surface area contributed by atoms with Gasteiger partial charge in [-0.1, -0.05) is 36.4 Å². The second-order valence-corrected chi connectivity index (χ2v) is 4.01. The van der Waals surface area contributed by atoms with Crippen molar-refractivity contribution >= 4 is 17.6 Å². The predicted octanol–water partition coefficient (Wildman–Crippen LogP) is 3.14. The number of carbonyl (C=O) groups excluding carboxylic acids is 1. The Balaban J connectivity index is 2.14. The Kier molecular flexibility index (Phi) is 4.89. The Bertz CT molecular complexity index is 580. The van der Waals surface area contributed by atoms with Crippen LogP contribution in [0.2, 0.25) is 0 Å². The molecule has 0 saturated heterocycles. The first-order valence-corrected chi connectivity index (χ1v) is 6.42. The van der Waals surface area contributed by atoms with Crippen molar-refractivity contribution in [3.63, 3.8) is 0 Å². The van der Waals surface area contributed by atoms with E-state index >= 15 is 0 Å². The minimum atomic E-state index is -0.242. The molecule has 0 bridgehead atoms. The molecule has 4 nitrogen and oxygen atoms in total. The molecule has 0 aliphatic rings. The fraction of sp³-hybridized carbons (Fsp3) is 0.125. The van der Waals surface area contributed by atoms with Crippen molar-refractivity contribution in [3.8, 4) is 0 Å². The lowest BCUT2D eigenvalue weighted by molar-refractivity contribution is 0.0966. The maximum absolute atomic E-state index is 12.0. The molecule has 2 aromatic carbocycles. The molecule has 0 saturated carbocycles. The van der Waals surface area contributed by atoms with Crippen LogP contribution in [0.4, 0.5) is 5.69 Å². The SMILES string of the molecule is CCOC(=Nc1ccccc1)NC(=O)c1ccccc1. The van der Waals surface area contributed by atoms with Crippen LogP contribution in [0.15, 0.2) is 65.7 Å². The molecule has 1 N–H and O–H groups in total. The summed E-state index contributed by atoms with van der Waals surface area (Å²) in [7, 11) is 0. The van der Waals surface area contributed by atoms with Gasteiger partial charge >= 0.3 is 0 Å². The molecule has 1 amide bonds. The van der Waals surface area contributed by atoms with Gasteiger partial charge in [0, 0.05) is 5.56 Å². The summed E-state index contributed by atoms with van der Waals surface area (Å²) in [6.07, 6.45) is 0. The highest BCUT2D eigenvalue weighted by Crippen LogP contribution is 2.10. The van der Waals surface area contributed by atoms with Crippen LogP contribution in [0.25, 0.3) is 0 Å². The Labute approximate surface area is 118 Å². The number of hydrogen-bond acceptors (Lipinski definition) is 3. The van der Waals surface area contributed by atoms with E-state index in [-0.39, 0.29) is 11.9 Å². The molecule has 0 radical (unpaired) electrons. The van der Waals surface area contributed by atoms with Crippen LogP contribution in [-0.2, 0) is 4.74 Å². The van der Waals surface area contributed by atoms with E-state index in [9.17, 15) is 4.79 Å². The van der Waals surface area contributed by atoms with Gasteiger partial charge < -0.3 is 4.74 Å². The quantitative estimate of drug-likeness (QED) is 0.686. The topological polar surface area (TPSA) is 50.7 Å². The van der Waals surface area contributed by atoms with Gasteiger partial charge in [-0.3, -0.25) is 10.1 Å². The maximum atomic E-state index is 12.0. The van der Waals surface area contributed by atoms with Gasteiger partial charge in [-0.15, -0.1) is 0 Å². The van der Waals surface area contributed by atoms with Gasteiger partial charge in [-0.05, 0) is 31.2 Å². The van der Waals surface area contributed by atoms with Crippen LogP contribution in [0.5, 0.6) is 0 Å². The molecule has 0 aromatic heterocycles. The van der Waals surface area contributed by atoms with Gasteiger partial charge in [-0.25, -0.2) is 0 Å². The summed E-state index contributed by atoms with van der Waals surface area (Å²) in [4.78, 5) is 16.3. The second-order valence-electron chi connectivity index (χ2n) is 4.01. The molecule has 0 spiro atoms. The van der Waals surface area contributed by atoms with E-state index in [0.29, 0.717) is 12.2 Å². The number of rotatable bonds is 3. The average molecular weight is 268 g/mol. The molecular weight excluding hydrogens is 252 g/mol. The first kappa shape index (κ1) is 13.8. The lowest BCUT2D eigenvalue weighted by Crippen LogP contribution is -2.32. The van der Waals surface area contributed by atoms with E-state index < -0.39 is 0 Å². The van der Waals surface area contributed by atoms with Crippen molar-refractivity contribution < 1.29 is 9.53 Å². The summed E-state index contributed by atoms with van der Waals surface area (Å²) >= 11 is 0. The normalized spacial score (nSPS) is 10.9. The summed E-state index contributed by atoms with van der Waals surface area (Å²) in [5.41, 5.74) is 1.29. The van der Waals surface area contributed by atoms with E-state index in [1.807, 2.05) is 55.5 Å². The third kappa shape index (κ3) is 3.95. The number of benzene rings is 2. The third-order valence-electron chi connectivity index (χ3n) is 2.52. The van der Waals surface area contributed by atoms with Gasteiger partial charge in [0.2, 0.25) is 0 Å². The summed E-state index contributed by atoms with van der Waals surface area (Å²) in [6.45, 7) is 2.27. The Hall–Kier alpha value is -2.62. The first-order valence-electron chi connectivity index (χ1n) is 6.42. The van der Waals surface area contributed by atoms with Gasteiger partial charge in [0.05, 0.1) is 12.3 Å². The number of aliphatic imine (C=N–C) groups is 1. The lowest BCUT2D eigenvalue weighted by atomic mass is 10.2. The van der Waals surface area contributed by atoms with Crippen LogP contribution in [0.1, 0.15) is 17.3 Å². The average Bonchev–Trinajstić information content (AvgIpc) is 2.49. The zero-order valence-electron chi connectivity index (χ0n) is 11.2. The largest absolute Gasteiger partial charge is 0.465 e. The molecule has 0 atom stereocenters. The molecular formula is C16H16N2O2. The Morgan fingerprint density at radius 3 is 2.25 bits per heavy atom. The molecule has 2 rings (SSSR count). The van der Waals surface area contributed by atoms with Crippen molar-refractivity contribution in [2.45, 2.75) is 6.92 Å². The number of ether oxygens (including phenoxy) is 1. The van der Waals surface area contributed by atoms with Crippen LogP contribution in [0.3, 0.4) is 0 Å². The number of carbonyl (C=O) groups is 1. The first-order chi connectivity index (χ1) is 9.79. The second kappa shape index (κ2) is 7.09. The zero-order valence-corrected chi connectivity index (χ0v) is 11.2. The van der Waals surface area contributed by atoms with Crippen LogP contribution in [0, 0.1) is 0 Å². The van der Waals surface area contributed by atoms with E-state index in [4.69, 9.17) is 4.74 Å². The molecule has 20 heavy (non-hydrogen) atoms. The van der Waals surface area contributed by atoms with Crippen LogP contribution >= 0.6 is 0 Å². The highest BCUT2D eigenvalue weighted by Gasteiger charge is 2.09. The maximum Gasteiger partial charge on any atom is 0.296 e. The monoisotopic (exact) mass is 268 g/mol. The minimum absolute atomic E-state index is 0.201.